The van der Waals surface area contributed by atoms with Crippen LogP contribution in [0.3, 0.4) is 0 Å². The van der Waals surface area contributed by atoms with E-state index in [2.05, 4.69) is 4.98 Å². The summed E-state index contributed by atoms with van der Waals surface area (Å²) in [6.45, 7) is 4.19. The van der Waals surface area contributed by atoms with Gasteiger partial charge in [-0.05, 0) is 12.5 Å². The highest BCUT2D eigenvalue weighted by atomic mass is 16.5. The molecule has 0 aliphatic heterocycles. The number of ketones is 1. The molecular weight excluding hydrogens is 166 g/mol. The van der Waals surface area contributed by atoms with Crippen LogP contribution in [-0.2, 0) is 0 Å². The highest BCUT2D eigenvalue weighted by molar-refractivity contribution is 5.92. The minimum absolute atomic E-state index is 0.0399. The molecule has 1 aromatic rings. The van der Waals surface area contributed by atoms with Crippen LogP contribution in [0.5, 0.6) is 5.75 Å². The molecule has 0 atom stereocenters. The summed E-state index contributed by atoms with van der Waals surface area (Å²) in [5, 5.41) is 0. The molecule has 0 bridgehead atoms. The van der Waals surface area contributed by atoms with E-state index in [1.54, 1.807) is 18.3 Å². The molecule has 0 aromatic carbocycles. The van der Waals surface area contributed by atoms with Gasteiger partial charge in [-0.2, -0.15) is 0 Å². The number of hydrogen-bond donors (Lipinski definition) is 0. The molecular formula is C10H13NO2. The van der Waals surface area contributed by atoms with Gasteiger partial charge in [-0.1, -0.05) is 6.92 Å². The first-order valence-corrected chi connectivity index (χ1v) is 4.34. The van der Waals surface area contributed by atoms with E-state index in [4.69, 9.17) is 4.74 Å². The van der Waals surface area contributed by atoms with Gasteiger partial charge in [-0.3, -0.25) is 9.78 Å². The van der Waals surface area contributed by atoms with Crippen molar-refractivity contribution in [3.8, 4) is 5.75 Å². The zero-order valence-electron chi connectivity index (χ0n) is 7.91. The molecule has 0 N–H and O–H groups in total. The Morgan fingerprint density at radius 3 is 3.00 bits per heavy atom. The van der Waals surface area contributed by atoms with Crippen molar-refractivity contribution >= 4 is 5.78 Å². The highest BCUT2D eigenvalue weighted by Crippen LogP contribution is 2.11. The molecule has 0 spiro atoms. The zero-order chi connectivity index (χ0) is 9.68. The van der Waals surface area contributed by atoms with Gasteiger partial charge >= 0.3 is 0 Å². The first kappa shape index (κ1) is 9.71. The van der Waals surface area contributed by atoms with Crippen molar-refractivity contribution in [3.63, 3.8) is 0 Å². The standard InChI is InChI=1S/C10H13NO2/c1-3-6-13-9-4-5-11-10(7-9)8(2)12/h4-5,7H,3,6H2,1-2H3. The molecule has 1 aromatic heterocycles. The molecule has 70 valence electrons. The number of ether oxygens (including phenoxy) is 1. The molecule has 13 heavy (non-hydrogen) atoms. The summed E-state index contributed by atoms with van der Waals surface area (Å²) in [4.78, 5) is 14.9. The van der Waals surface area contributed by atoms with Crippen LogP contribution in [-0.4, -0.2) is 17.4 Å². The number of carbonyl (C=O) groups is 1. The average Bonchev–Trinajstić information content (AvgIpc) is 2.15. The lowest BCUT2D eigenvalue weighted by atomic mass is 10.2. The number of carbonyl (C=O) groups excluding carboxylic acids is 1. The molecule has 0 saturated heterocycles. The number of nitrogens with zero attached hydrogens (tertiary/aromatic N) is 1. The largest absolute Gasteiger partial charge is 0.493 e. The van der Waals surface area contributed by atoms with Crippen LogP contribution in [0, 0.1) is 0 Å². The van der Waals surface area contributed by atoms with Gasteiger partial charge in [0.05, 0.1) is 6.61 Å². The van der Waals surface area contributed by atoms with Gasteiger partial charge in [-0.25, -0.2) is 0 Å². The number of aromatic nitrogens is 1. The van der Waals surface area contributed by atoms with Crippen molar-refractivity contribution < 1.29 is 9.53 Å². The Bertz CT molecular complexity index is 297. The molecule has 0 radical (unpaired) electrons. The Morgan fingerprint density at radius 2 is 2.38 bits per heavy atom. The molecule has 0 aliphatic carbocycles. The van der Waals surface area contributed by atoms with Gasteiger partial charge in [0, 0.05) is 19.2 Å². The molecule has 3 nitrogen and oxygen atoms in total. The summed E-state index contributed by atoms with van der Waals surface area (Å²) >= 11 is 0. The van der Waals surface area contributed by atoms with Gasteiger partial charge < -0.3 is 4.74 Å². The SMILES string of the molecule is CCCOc1ccnc(C(C)=O)c1. The summed E-state index contributed by atoms with van der Waals surface area (Å²) in [6, 6.07) is 3.42. The van der Waals surface area contributed by atoms with E-state index in [0.717, 1.165) is 6.42 Å². The summed E-state index contributed by atoms with van der Waals surface area (Å²) in [7, 11) is 0. The fraction of sp³-hybridized carbons (Fsp3) is 0.400. The number of rotatable bonds is 4. The first-order chi connectivity index (χ1) is 6.24. The van der Waals surface area contributed by atoms with Crippen LogP contribution in [0.1, 0.15) is 30.8 Å². The predicted octanol–water partition coefficient (Wildman–Crippen LogP) is 2.07. The van der Waals surface area contributed by atoms with Crippen molar-refractivity contribution in [2.45, 2.75) is 20.3 Å². The fourth-order valence-electron chi connectivity index (χ4n) is 0.913. The Labute approximate surface area is 77.8 Å². The second-order valence-electron chi connectivity index (χ2n) is 2.78. The molecule has 3 heteroatoms. The molecule has 1 heterocycles. The van der Waals surface area contributed by atoms with Crippen molar-refractivity contribution in [1.82, 2.24) is 4.98 Å². The normalized spacial score (nSPS) is 9.69. The Balaban J connectivity index is 2.73. The zero-order valence-corrected chi connectivity index (χ0v) is 7.91. The minimum atomic E-state index is -0.0399. The molecule has 0 unspecified atom stereocenters. The quantitative estimate of drug-likeness (QED) is 0.664. The smallest absolute Gasteiger partial charge is 0.178 e. The van der Waals surface area contributed by atoms with E-state index >= 15 is 0 Å². The van der Waals surface area contributed by atoms with Gasteiger partial charge in [0.25, 0.3) is 0 Å². The molecule has 1 rings (SSSR count). The van der Waals surface area contributed by atoms with Crippen LogP contribution in [0.2, 0.25) is 0 Å². The fourth-order valence-corrected chi connectivity index (χ4v) is 0.913. The van der Waals surface area contributed by atoms with Crippen LogP contribution < -0.4 is 4.74 Å². The van der Waals surface area contributed by atoms with Gasteiger partial charge in [0.15, 0.2) is 5.78 Å². The second-order valence-corrected chi connectivity index (χ2v) is 2.78. The lowest BCUT2D eigenvalue weighted by molar-refractivity contribution is 0.101. The van der Waals surface area contributed by atoms with Crippen molar-refractivity contribution in [3.05, 3.63) is 24.0 Å². The van der Waals surface area contributed by atoms with E-state index in [0.29, 0.717) is 18.1 Å². The van der Waals surface area contributed by atoms with E-state index in [-0.39, 0.29) is 5.78 Å². The lowest BCUT2D eigenvalue weighted by Gasteiger charge is -2.04. The highest BCUT2D eigenvalue weighted by Gasteiger charge is 2.01. The predicted molar refractivity (Wildman–Crippen MR) is 50.0 cm³/mol. The van der Waals surface area contributed by atoms with Gasteiger partial charge in [0.1, 0.15) is 11.4 Å². The third-order valence-corrected chi connectivity index (χ3v) is 1.56. The average molecular weight is 179 g/mol. The molecule has 0 saturated carbocycles. The van der Waals surface area contributed by atoms with Crippen LogP contribution >= 0.6 is 0 Å². The lowest BCUT2D eigenvalue weighted by Crippen LogP contribution is -1.99. The summed E-state index contributed by atoms with van der Waals surface area (Å²) < 4.78 is 5.35. The van der Waals surface area contributed by atoms with E-state index < -0.39 is 0 Å². The number of hydrogen-bond acceptors (Lipinski definition) is 3. The molecule has 0 amide bonds. The Kier molecular flexibility index (Phi) is 3.43. The van der Waals surface area contributed by atoms with Gasteiger partial charge in [-0.15, -0.1) is 0 Å². The van der Waals surface area contributed by atoms with E-state index in [1.807, 2.05) is 6.92 Å². The van der Waals surface area contributed by atoms with Crippen LogP contribution in [0.25, 0.3) is 0 Å². The summed E-state index contributed by atoms with van der Waals surface area (Å²) in [5.41, 5.74) is 0.452. The van der Waals surface area contributed by atoms with E-state index in [1.165, 1.54) is 6.92 Å². The van der Waals surface area contributed by atoms with E-state index in [9.17, 15) is 4.79 Å². The Morgan fingerprint density at radius 1 is 1.62 bits per heavy atom. The molecule has 0 fully saturated rings. The maximum absolute atomic E-state index is 11.0. The topological polar surface area (TPSA) is 39.2 Å². The maximum atomic E-state index is 11.0. The van der Waals surface area contributed by atoms with Crippen LogP contribution in [0.4, 0.5) is 0 Å². The monoisotopic (exact) mass is 179 g/mol. The third-order valence-electron chi connectivity index (χ3n) is 1.56. The first-order valence-electron chi connectivity index (χ1n) is 4.34. The number of pyridine rings is 1. The van der Waals surface area contributed by atoms with Gasteiger partial charge in [0.2, 0.25) is 0 Å². The van der Waals surface area contributed by atoms with Crippen LogP contribution in [0.15, 0.2) is 18.3 Å². The summed E-state index contributed by atoms with van der Waals surface area (Å²) in [6.07, 6.45) is 2.54. The minimum Gasteiger partial charge on any atom is -0.493 e. The number of Topliss-reactive ketones (excluding diaryl/α,β-unsaturated/α-hetero) is 1. The Hall–Kier alpha value is -1.38. The summed E-state index contributed by atoms with van der Waals surface area (Å²) in [5.74, 6) is 0.670. The maximum Gasteiger partial charge on any atom is 0.178 e. The van der Waals surface area contributed by atoms with Crippen molar-refractivity contribution in [2.24, 2.45) is 0 Å². The van der Waals surface area contributed by atoms with Crippen molar-refractivity contribution in [2.75, 3.05) is 6.61 Å². The molecule has 0 aliphatic rings. The second kappa shape index (κ2) is 4.60. The third kappa shape index (κ3) is 2.86. The van der Waals surface area contributed by atoms with Crippen molar-refractivity contribution in [1.29, 1.82) is 0 Å².